The van der Waals surface area contributed by atoms with Crippen LogP contribution in [0, 0.1) is 10.1 Å². The molecule has 1 aliphatic rings. The summed E-state index contributed by atoms with van der Waals surface area (Å²) in [5.41, 5.74) is -1.27. The predicted octanol–water partition coefficient (Wildman–Crippen LogP) is 1.51. The number of nitro groups is 1. The summed E-state index contributed by atoms with van der Waals surface area (Å²) < 4.78 is 9.69. The summed E-state index contributed by atoms with van der Waals surface area (Å²) in [6.45, 7) is 3.75. The molecule has 7 heteroatoms. The molecule has 0 N–H and O–H groups in total. The first-order valence-electron chi connectivity index (χ1n) is 6.09. The first kappa shape index (κ1) is 14.7. The second-order valence-corrected chi connectivity index (χ2v) is 4.71. The zero-order chi connectivity index (χ0) is 15.6. The van der Waals surface area contributed by atoms with Crippen LogP contribution in [0.15, 0.2) is 36.4 Å². The Morgan fingerprint density at radius 1 is 1.52 bits per heavy atom. The minimum Gasteiger partial charge on any atom is -0.468 e. The maximum atomic E-state index is 12.2. The van der Waals surface area contributed by atoms with E-state index in [9.17, 15) is 19.7 Å². The number of benzene rings is 1. The van der Waals surface area contributed by atoms with E-state index in [2.05, 4.69) is 6.58 Å². The summed E-state index contributed by atoms with van der Waals surface area (Å²) in [7, 11) is 1.14. The summed E-state index contributed by atoms with van der Waals surface area (Å²) >= 11 is 0. The van der Waals surface area contributed by atoms with Crippen LogP contribution in [-0.2, 0) is 24.5 Å². The van der Waals surface area contributed by atoms with Crippen LogP contribution in [0.5, 0.6) is 0 Å². The number of rotatable bonds is 3. The number of hydrogen-bond acceptors (Lipinski definition) is 6. The fourth-order valence-electron chi connectivity index (χ4n) is 2.34. The van der Waals surface area contributed by atoms with E-state index in [1.165, 1.54) is 24.3 Å². The lowest BCUT2D eigenvalue weighted by atomic mass is 9.74. The van der Waals surface area contributed by atoms with Gasteiger partial charge in [-0.15, -0.1) is 0 Å². The Bertz CT molecular complexity index is 628. The molecule has 0 spiro atoms. The molecule has 0 aliphatic carbocycles. The molecule has 1 atom stereocenters. The minimum absolute atomic E-state index is 0.000323. The lowest BCUT2D eigenvalue weighted by molar-refractivity contribution is -0.384. The van der Waals surface area contributed by atoms with Crippen molar-refractivity contribution in [3.63, 3.8) is 0 Å². The number of hydrogen-bond donors (Lipinski definition) is 0. The fraction of sp³-hybridized carbons (Fsp3) is 0.286. The van der Waals surface area contributed by atoms with E-state index in [-0.39, 0.29) is 24.3 Å². The molecule has 0 bridgehead atoms. The van der Waals surface area contributed by atoms with Gasteiger partial charge >= 0.3 is 11.9 Å². The van der Waals surface area contributed by atoms with Crippen LogP contribution < -0.4 is 0 Å². The zero-order valence-corrected chi connectivity index (χ0v) is 11.3. The SMILES string of the molecule is C=C1COC(=O)C(C(=O)OC)(c2cccc([N+](=O)[O-])c2)C1. The summed E-state index contributed by atoms with van der Waals surface area (Å²) in [6.07, 6.45) is -0.000323. The van der Waals surface area contributed by atoms with Crippen molar-refractivity contribution >= 4 is 17.6 Å². The van der Waals surface area contributed by atoms with Crippen molar-refractivity contribution in [2.75, 3.05) is 13.7 Å². The predicted molar refractivity (Wildman–Crippen MR) is 71.5 cm³/mol. The molecule has 0 amide bonds. The number of non-ortho nitro benzene ring substituents is 1. The van der Waals surface area contributed by atoms with Gasteiger partial charge in [0, 0.05) is 18.6 Å². The number of nitro benzene ring substituents is 1. The molecular weight excluding hydrogens is 278 g/mol. The van der Waals surface area contributed by atoms with Crippen LogP contribution in [-0.4, -0.2) is 30.6 Å². The Morgan fingerprint density at radius 2 is 2.24 bits per heavy atom. The Kier molecular flexibility index (Phi) is 3.75. The maximum Gasteiger partial charge on any atom is 0.328 e. The van der Waals surface area contributed by atoms with Gasteiger partial charge in [-0.3, -0.25) is 19.7 Å². The van der Waals surface area contributed by atoms with Gasteiger partial charge in [-0.05, 0) is 11.1 Å². The lowest BCUT2D eigenvalue weighted by Gasteiger charge is -2.33. The largest absolute Gasteiger partial charge is 0.468 e. The van der Waals surface area contributed by atoms with E-state index in [0.29, 0.717) is 5.57 Å². The number of nitrogens with zero attached hydrogens (tertiary/aromatic N) is 1. The molecule has 7 nitrogen and oxygen atoms in total. The molecule has 1 aromatic carbocycles. The van der Waals surface area contributed by atoms with Crippen molar-refractivity contribution in [1.29, 1.82) is 0 Å². The van der Waals surface area contributed by atoms with E-state index in [0.717, 1.165) is 7.11 Å². The molecule has 1 fully saturated rings. The van der Waals surface area contributed by atoms with E-state index in [1.807, 2.05) is 0 Å². The van der Waals surface area contributed by atoms with Crippen LogP contribution in [0.2, 0.25) is 0 Å². The van der Waals surface area contributed by atoms with Crippen molar-refractivity contribution in [3.05, 3.63) is 52.1 Å². The second-order valence-electron chi connectivity index (χ2n) is 4.71. The van der Waals surface area contributed by atoms with E-state index in [4.69, 9.17) is 9.47 Å². The first-order chi connectivity index (χ1) is 9.91. The Balaban J connectivity index is 2.62. The first-order valence-corrected chi connectivity index (χ1v) is 6.09. The third-order valence-corrected chi connectivity index (χ3v) is 3.35. The summed E-state index contributed by atoms with van der Waals surface area (Å²) in [4.78, 5) is 34.7. The number of methoxy groups -OCH3 is 1. The smallest absolute Gasteiger partial charge is 0.328 e. The van der Waals surface area contributed by atoms with Crippen LogP contribution in [0.1, 0.15) is 12.0 Å². The highest BCUT2D eigenvalue weighted by molar-refractivity contribution is 6.07. The van der Waals surface area contributed by atoms with E-state index >= 15 is 0 Å². The molecule has 1 aromatic rings. The second kappa shape index (κ2) is 5.35. The average Bonchev–Trinajstić information content (AvgIpc) is 2.49. The summed E-state index contributed by atoms with van der Waals surface area (Å²) in [6, 6.07) is 5.32. The Labute approximate surface area is 120 Å². The van der Waals surface area contributed by atoms with Crippen LogP contribution in [0.3, 0.4) is 0 Å². The normalized spacial score (nSPS) is 21.6. The summed E-state index contributed by atoms with van der Waals surface area (Å²) in [5, 5.41) is 10.9. The van der Waals surface area contributed by atoms with Crippen molar-refractivity contribution in [1.82, 2.24) is 0 Å². The van der Waals surface area contributed by atoms with Gasteiger partial charge in [0.2, 0.25) is 0 Å². The van der Waals surface area contributed by atoms with Gasteiger partial charge in [0.25, 0.3) is 5.69 Å². The highest BCUT2D eigenvalue weighted by atomic mass is 16.6. The molecule has 2 rings (SSSR count). The van der Waals surface area contributed by atoms with Crippen LogP contribution in [0.4, 0.5) is 5.69 Å². The zero-order valence-electron chi connectivity index (χ0n) is 11.3. The van der Waals surface area contributed by atoms with Crippen molar-refractivity contribution in [3.8, 4) is 0 Å². The lowest BCUT2D eigenvalue weighted by Crippen LogP contribution is -2.49. The standard InChI is InChI=1S/C14H13NO6/c1-9-7-14(12(16)20-2,13(17)21-8-9)10-4-3-5-11(6-10)15(18)19/h3-6H,1,7-8H2,2H3. The van der Waals surface area contributed by atoms with E-state index in [1.54, 1.807) is 0 Å². The van der Waals surface area contributed by atoms with Gasteiger partial charge in [-0.2, -0.15) is 0 Å². The van der Waals surface area contributed by atoms with Gasteiger partial charge in [-0.1, -0.05) is 18.7 Å². The Hall–Kier alpha value is -2.70. The monoisotopic (exact) mass is 291 g/mol. The van der Waals surface area contributed by atoms with Crippen molar-refractivity contribution in [2.45, 2.75) is 11.8 Å². The van der Waals surface area contributed by atoms with Gasteiger partial charge in [0.15, 0.2) is 5.41 Å². The number of cyclic esters (lactones) is 1. The topological polar surface area (TPSA) is 95.7 Å². The number of carbonyl (C=O) groups is 2. The molecule has 0 radical (unpaired) electrons. The molecule has 1 saturated heterocycles. The highest BCUT2D eigenvalue weighted by Crippen LogP contribution is 2.38. The third kappa shape index (κ3) is 2.37. The van der Waals surface area contributed by atoms with Gasteiger partial charge in [-0.25, -0.2) is 0 Å². The molecule has 1 unspecified atom stereocenters. The maximum absolute atomic E-state index is 12.2. The van der Waals surface area contributed by atoms with E-state index < -0.39 is 22.3 Å². The molecule has 110 valence electrons. The minimum atomic E-state index is -1.74. The summed E-state index contributed by atoms with van der Waals surface area (Å²) in [5.74, 6) is -1.61. The molecular formula is C14H13NO6. The molecule has 0 saturated carbocycles. The molecule has 1 aliphatic heterocycles. The molecule has 1 heterocycles. The fourth-order valence-corrected chi connectivity index (χ4v) is 2.34. The molecule has 0 aromatic heterocycles. The number of esters is 2. The third-order valence-electron chi connectivity index (χ3n) is 3.35. The Morgan fingerprint density at radius 3 is 2.86 bits per heavy atom. The van der Waals surface area contributed by atoms with Crippen molar-refractivity contribution < 1.29 is 24.0 Å². The van der Waals surface area contributed by atoms with Gasteiger partial charge in [0.1, 0.15) is 6.61 Å². The van der Waals surface area contributed by atoms with Crippen molar-refractivity contribution in [2.24, 2.45) is 0 Å². The van der Waals surface area contributed by atoms with Crippen LogP contribution in [0.25, 0.3) is 0 Å². The highest BCUT2D eigenvalue weighted by Gasteiger charge is 2.53. The quantitative estimate of drug-likeness (QED) is 0.275. The van der Waals surface area contributed by atoms with Crippen LogP contribution >= 0.6 is 0 Å². The van der Waals surface area contributed by atoms with Gasteiger partial charge < -0.3 is 9.47 Å². The number of ether oxygens (including phenoxy) is 2. The average molecular weight is 291 g/mol. The molecule has 21 heavy (non-hydrogen) atoms. The number of carbonyl (C=O) groups excluding carboxylic acids is 2. The van der Waals surface area contributed by atoms with Gasteiger partial charge in [0.05, 0.1) is 12.0 Å².